The molecule has 0 aromatic heterocycles. The first kappa shape index (κ1) is 16.4. The van der Waals surface area contributed by atoms with Crippen molar-refractivity contribution in [3.8, 4) is 0 Å². The summed E-state index contributed by atoms with van der Waals surface area (Å²) in [5.41, 5.74) is 5.14. The van der Waals surface area contributed by atoms with Crippen LogP contribution in [0.25, 0.3) is 0 Å². The Morgan fingerprint density at radius 2 is 1.82 bits per heavy atom. The van der Waals surface area contributed by atoms with E-state index in [9.17, 15) is 27.6 Å². The molecule has 0 aromatic carbocycles. The number of urea groups is 1. The summed E-state index contributed by atoms with van der Waals surface area (Å²) in [5, 5.41) is 8.93. The van der Waals surface area contributed by atoms with Crippen molar-refractivity contribution in [3.63, 3.8) is 0 Å². The molecule has 0 radical (unpaired) electrons. The van der Waals surface area contributed by atoms with Gasteiger partial charge in [-0.3, -0.25) is 9.59 Å². The van der Waals surface area contributed by atoms with Crippen molar-refractivity contribution in [2.75, 3.05) is 19.6 Å². The van der Waals surface area contributed by atoms with Crippen LogP contribution >= 0.6 is 0 Å². The molecule has 2 heterocycles. The van der Waals surface area contributed by atoms with Gasteiger partial charge in [0.05, 0.1) is 11.8 Å². The zero-order valence-electron chi connectivity index (χ0n) is 11.5. The van der Waals surface area contributed by atoms with Crippen molar-refractivity contribution in [3.05, 3.63) is 0 Å². The third-order valence-electron chi connectivity index (χ3n) is 4.19. The van der Waals surface area contributed by atoms with E-state index in [1.165, 1.54) is 0 Å². The van der Waals surface area contributed by atoms with Crippen LogP contribution in [0.3, 0.4) is 0 Å². The van der Waals surface area contributed by atoms with Gasteiger partial charge in [0.2, 0.25) is 5.91 Å². The van der Waals surface area contributed by atoms with Gasteiger partial charge in [-0.05, 0) is 12.8 Å². The van der Waals surface area contributed by atoms with Crippen molar-refractivity contribution in [1.29, 1.82) is 0 Å². The molecule has 2 fully saturated rings. The van der Waals surface area contributed by atoms with E-state index in [0.29, 0.717) is 12.8 Å². The summed E-state index contributed by atoms with van der Waals surface area (Å²) in [4.78, 5) is 36.5. The number of carboxylic acid groups (broad SMARTS) is 1. The summed E-state index contributed by atoms with van der Waals surface area (Å²) < 4.78 is 38.7. The monoisotopic (exact) mass is 323 g/mol. The third kappa shape index (κ3) is 2.95. The number of hydrogen-bond acceptors (Lipinski definition) is 3. The minimum absolute atomic E-state index is 0.268. The molecule has 0 unspecified atom stereocenters. The predicted molar refractivity (Wildman–Crippen MR) is 66.6 cm³/mol. The molecule has 0 saturated carbocycles. The maximum Gasteiger partial charge on any atom is 0.394 e. The number of carbonyl (C=O) groups is 3. The number of alkyl halides is 3. The van der Waals surface area contributed by atoms with Gasteiger partial charge in [0, 0.05) is 19.6 Å². The number of carbonyl (C=O) groups excluding carboxylic acids is 2. The lowest BCUT2D eigenvalue weighted by Crippen LogP contribution is -2.49. The number of primary amides is 1. The Morgan fingerprint density at radius 1 is 1.18 bits per heavy atom. The number of aliphatic carboxylic acids is 1. The van der Waals surface area contributed by atoms with Gasteiger partial charge in [0.15, 0.2) is 0 Å². The summed E-state index contributed by atoms with van der Waals surface area (Å²) in [6.07, 6.45) is -3.86. The fourth-order valence-electron chi connectivity index (χ4n) is 3.06. The topological polar surface area (TPSA) is 104 Å². The number of likely N-dealkylation sites (tertiary alicyclic amines) is 2. The average Bonchev–Trinajstić information content (AvgIpc) is 3.04. The molecule has 22 heavy (non-hydrogen) atoms. The average molecular weight is 323 g/mol. The lowest BCUT2D eigenvalue weighted by atomic mass is 9.96. The van der Waals surface area contributed by atoms with E-state index in [4.69, 9.17) is 10.8 Å². The molecule has 2 aliphatic heterocycles. The quantitative estimate of drug-likeness (QED) is 0.760. The normalized spacial score (nSPS) is 29.0. The molecule has 10 heteroatoms. The van der Waals surface area contributed by atoms with E-state index in [0.717, 1.165) is 9.80 Å². The summed E-state index contributed by atoms with van der Waals surface area (Å²) in [5.74, 6) is -6.05. The Hall–Kier alpha value is -2.00. The van der Waals surface area contributed by atoms with Crippen LogP contribution in [0.2, 0.25) is 0 Å². The second-order valence-electron chi connectivity index (χ2n) is 5.53. The molecule has 0 aromatic rings. The highest BCUT2D eigenvalue weighted by Gasteiger charge is 2.54. The number of rotatable bonds is 2. The van der Waals surface area contributed by atoms with E-state index < -0.39 is 55.1 Å². The van der Waals surface area contributed by atoms with Gasteiger partial charge in [-0.1, -0.05) is 0 Å². The minimum atomic E-state index is -4.70. The van der Waals surface area contributed by atoms with Crippen LogP contribution in [0.15, 0.2) is 0 Å². The molecule has 2 aliphatic rings. The van der Waals surface area contributed by atoms with Crippen LogP contribution in [0.4, 0.5) is 18.0 Å². The number of halogens is 3. The van der Waals surface area contributed by atoms with Gasteiger partial charge >= 0.3 is 18.2 Å². The number of carboxylic acids is 1. The summed E-state index contributed by atoms with van der Waals surface area (Å²) in [7, 11) is 0. The van der Waals surface area contributed by atoms with Crippen molar-refractivity contribution in [1.82, 2.24) is 9.80 Å². The molecule has 0 bridgehead atoms. The fraction of sp³-hybridized carbons (Fsp3) is 0.750. The van der Waals surface area contributed by atoms with Crippen LogP contribution in [0.5, 0.6) is 0 Å². The highest BCUT2D eigenvalue weighted by atomic mass is 19.4. The minimum Gasteiger partial charge on any atom is -0.481 e. The first-order valence-electron chi connectivity index (χ1n) is 6.77. The van der Waals surface area contributed by atoms with Crippen molar-refractivity contribution in [2.45, 2.75) is 25.1 Å². The molecule has 3 amide bonds. The molecular formula is C12H16F3N3O4. The van der Waals surface area contributed by atoms with Gasteiger partial charge in [-0.25, -0.2) is 4.79 Å². The molecule has 7 nitrogen and oxygen atoms in total. The highest BCUT2D eigenvalue weighted by molar-refractivity contribution is 5.88. The molecular weight excluding hydrogens is 307 g/mol. The standard InChI is InChI=1S/C12H16F3N3O4/c13-12(14,15)7-5-17(4-6(7)10(20)21)9(19)8-2-1-3-18(8)11(16)22/h6-8H,1-5H2,(H2,16,22)(H,20,21)/t6-,7-,8+/m1/s1. The smallest absolute Gasteiger partial charge is 0.394 e. The van der Waals surface area contributed by atoms with Gasteiger partial charge in [0.25, 0.3) is 0 Å². The van der Waals surface area contributed by atoms with Crippen LogP contribution < -0.4 is 5.73 Å². The Labute approximate surface area is 123 Å². The van der Waals surface area contributed by atoms with Gasteiger partial charge in [-0.2, -0.15) is 13.2 Å². The fourth-order valence-corrected chi connectivity index (χ4v) is 3.06. The van der Waals surface area contributed by atoms with Crippen molar-refractivity contribution in [2.24, 2.45) is 17.6 Å². The molecule has 2 rings (SSSR count). The Bertz CT molecular complexity index is 496. The van der Waals surface area contributed by atoms with E-state index in [2.05, 4.69) is 0 Å². The van der Waals surface area contributed by atoms with Crippen LogP contribution in [0.1, 0.15) is 12.8 Å². The molecule has 0 aliphatic carbocycles. The van der Waals surface area contributed by atoms with Crippen LogP contribution in [-0.4, -0.2) is 64.7 Å². The molecule has 2 saturated heterocycles. The first-order valence-corrected chi connectivity index (χ1v) is 6.77. The van der Waals surface area contributed by atoms with Gasteiger partial charge < -0.3 is 20.6 Å². The van der Waals surface area contributed by atoms with Crippen molar-refractivity contribution < 1.29 is 32.7 Å². The number of amides is 3. The summed E-state index contributed by atoms with van der Waals surface area (Å²) in [6, 6.07) is -1.71. The SMILES string of the molecule is NC(=O)N1CCC[C@H]1C(=O)N1C[C@@H](C(F)(F)F)[C@H](C(=O)O)C1. The van der Waals surface area contributed by atoms with Gasteiger partial charge in [0.1, 0.15) is 6.04 Å². The van der Waals surface area contributed by atoms with E-state index in [1.54, 1.807) is 0 Å². The van der Waals surface area contributed by atoms with Crippen molar-refractivity contribution >= 4 is 17.9 Å². The highest BCUT2D eigenvalue weighted by Crippen LogP contribution is 2.38. The third-order valence-corrected chi connectivity index (χ3v) is 4.19. The first-order chi connectivity index (χ1) is 10.1. The Balaban J connectivity index is 2.15. The Morgan fingerprint density at radius 3 is 2.27 bits per heavy atom. The molecule has 124 valence electrons. The maximum atomic E-state index is 12.9. The van der Waals surface area contributed by atoms with E-state index in [1.807, 2.05) is 0 Å². The molecule has 3 N–H and O–H groups in total. The summed E-state index contributed by atoms with van der Waals surface area (Å²) in [6.45, 7) is -0.950. The summed E-state index contributed by atoms with van der Waals surface area (Å²) >= 11 is 0. The number of hydrogen-bond donors (Lipinski definition) is 2. The molecule has 0 spiro atoms. The second-order valence-corrected chi connectivity index (χ2v) is 5.53. The van der Waals surface area contributed by atoms with Crippen LogP contribution in [-0.2, 0) is 9.59 Å². The number of nitrogens with zero attached hydrogens (tertiary/aromatic N) is 2. The largest absolute Gasteiger partial charge is 0.481 e. The molecule has 3 atom stereocenters. The van der Waals surface area contributed by atoms with Crippen LogP contribution in [0, 0.1) is 11.8 Å². The number of nitrogens with two attached hydrogens (primary N) is 1. The maximum absolute atomic E-state index is 12.9. The zero-order chi connectivity index (χ0) is 16.7. The lowest BCUT2D eigenvalue weighted by Gasteiger charge is -2.26. The Kier molecular flexibility index (Phi) is 4.21. The zero-order valence-corrected chi connectivity index (χ0v) is 11.5. The lowest BCUT2D eigenvalue weighted by molar-refractivity contribution is -0.188. The van der Waals surface area contributed by atoms with E-state index in [-0.39, 0.29) is 6.54 Å². The predicted octanol–water partition coefficient (Wildman–Crippen LogP) is 0.251. The van der Waals surface area contributed by atoms with E-state index >= 15 is 0 Å². The van der Waals surface area contributed by atoms with Gasteiger partial charge in [-0.15, -0.1) is 0 Å². The second kappa shape index (κ2) is 5.65.